The third kappa shape index (κ3) is 4.88. The monoisotopic (exact) mass is 685 g/mol. The van der Waals surface area contributed by atoms with Gasteiger partial charge in [-0.3, -0.25) is 9.88 Å². The van der Waals surface area contributed by atoms with Crippen molar-refractivity contribution in [1.82, 2.24) is 24.3 Å². The average molecular weight is 687 g/mol. The van der Waals surface area contributed by atoms with E-state index in [-0.39, 0.29) is 46.4 Å². The maximum atomic E-state index is 16.6. The number of thioether (sulfide) groups is 1. The second-order valence-electron chi connectivity index (χ2n) is 13.1. The maximum Gasteiger partial charge on any atom is 0.410 e. The minimum absolute atomic E-state index is 0.0599. The van der Waals surface area contributed by atoms with Crippen molar-refractivity contribution in [3.8, 4) is 11.3 Å². The normalized spacial score (nSPS) is 22.5. The predicted molar refractivity (Wildman–Crippen MR) is 177 cm³/mol. The molecule has 3 saturated heterocycles. The van der Waals surface area contributed by atoms with Crippen LogP contribution in [-0.2, 0) is 9.47 Å². The fourth-order valence-corrected chi connectivity index (χ4v) is 8.37. The van der Waals surface area contributed by atoms with Gasteiger partial charge in [0.05, 0.1) is 40.8 Å². The van der Waals surface area contributed by atoms with E-state index in [9.17, 15) is 9.59 Å². The minimum Gasteiger partial charge on any atom is -0.453 e. The number of hydrogen-bond acceptors (Lipinski definition) is 7. The fraction of sp³-hybridized carbons (Fsp3) is 0.455. The van der Waals surface area contributed by atoms with Gasteiger partial charge in [0.15, 0.2) is 5.82 Å². The van der Waals surface area contributed by atoms with Crippen molar-refractivity contribution in [3.05, 3.63) is 52.0 Å². The van der Waals surface area contributed by atoms with Crippen LogP contribution in [0.3, 0.4) is 0 Å². The molecule has 4 aliphatic rings. The zero-order chi connectivity index (χ0) is 32.7. The van der Waals surface area contributed by atoms with E-state index in [0.29, 0.717) is 34.1 Å². The summed E-state index contributed by atoms with van der Waals surface area (Å²) in [6.45, 7) is 6.69. The molecule has 3 aromatic heterocycles. The van der Waals surface area contributed by atoms with Gasteiger partial charge in [-0.1, -0.05) is 35.3 Å². The molecule has 0 radical (unpaired) electrons. The lowest BCUT2D eigenvalue weighted by Gasteiger charge is -2.40. The number of amides is 2. The lowest BCUT2D eigenvalue weighted by Crippen LogP contribution is -2.45. The van der Waals surface area contributed by atoms with Gasteiger partial charge in [0, 0.05) is 47.2 Å². The van der Waals surface area contributed by atoms with Gasteiger partial charge in [-0.25, -0.2) is 19.0 Å². The van der Waals surface area contributed by atoms with Gasteiger partial charge in [0.2, 0.25) is 0 Å². The topological polar surface area (TPSA) is 89.8 Å². The summed E-state index contributed by atoms with van der Waals surface area (Å²) in [6, 6.07) is 6.61. The Morgan fingerprint density at radius 2 is 1.91 bits per heavy atom. The number of aromatic nitrogens is 3. The second-order valence-corrected chi connectivity index (χ2v) is 14.7. The largest absolute Gasteiger partial charge is 0.453 e. The van der Waals surface area contributed by atoms with Crippen LogP contribution in [0.4, 0.5) is 14.0 Å². The van der Waals surface area contributed by atoms with Crippen molar-refractivity contribution in [2.45, 2.75) is 68.8 Å². The molecule has 2 amide bonds. The first-order valence-electron chi connectivity index (χ1n) is 15.3. The Morgan fingerprint density at radius 1 is 1.13 bits per heavy atom. The van der Waals surface area contributed by atoms with Crippen LogP contribution < -0.4 is 0 Å². The highest BCUT2D eigenvalue weighted by Gasteiger charge is 2.57. The number of rotatable bonds is 4. The molecule has 4 aromatic rings. The number of carbonyl (C=O) groups is 2. The summed E-state index contributed by atoms with van der Waals surface area (Å²) in [5.74, 6) is -0.444. The summed E-state index contributed by atoms with van der Waals surface area (Å²) in [4.78, 5) is 39.2. The van der Waals surface area contributed by atoms with Crippen LogP contribution >= 0.6 is 35.0 Å². The number of nitrogens with zero attached hydrogens (tertiary/aromatic N) is 5. The molecule has 4 fully saturated rings. The molecule has 1 saturated carbocycles. The minimum atomic E-state index is -0.627. The Labute approximate surface area is 280 Å². The number of fused-ring (bicyclic) bond motifs is 4. The van der Waals surface area contributed by atoms with Gasteiger partial charge in [-0.15, -0.1) is 11.8 Å². The molecule has 8 rings (SSSR count). The van der Waals surface area contributed by atoms with E-state index >= 15 is 4.39 Å². The lowest BCUT2D eigenvalue weighted by atomic mass is 9.79. The van der Waals surface area contributed by atoms with Crippen LogP contribution in [0.2, 0.25) is 10.0 Å². The summed E-state index contributed by atoms with van der Waals surface area (Å²) in [5, 5.41) is 2.54. The highest BCUT2D eigenvalue weighted by Crippen LogP contribution is 2.54. The molecule has 0 unspecified atom stereocenters. The van der Waals surface area contributed by atoms with Gasteiger partial charge >= 0.3 is 12.2 Å². The molecule has 3 aliphatic heterocycles. The first-order chi connectivity index (χ1) is 21.9. The molecule has 0 spiro atoms. The summed E-state index contributed by atoms with van der Waals surface area (Å²) in [7, 11) is 1.39. The van der Waals surface area contributed by atoms with Gasteiger partial charge in [-0.2, -0.15) is 0 Å². The summed E-state index contributed by atoms with van der Waals surface area (Å²) < 4.78 is 29.7. The van der Waals surface area contributed by atoms with Crippen LogP contribution in [0.1, 0.15) is 57.8 Å². The number of carbonyl (C=O) groups excluding carboxylic acids is 2. The van der Waals surface area contributed by atoms with Crippen molar-refractivity contribution >= 4 is 69.0 Å². The molecule has 6 heterocycles. The second kappa shape index (κ2) is 11.5. The van der Waals surface area contributed by atoms with Crippen LogP contribution in [-0.4, -0.2) is 74.6 Å². The molecule has 1 aromatic carbocycles. The smallest absolute Gasteiger partial charge is 0.410 e. The predicted octanol–water partition coefficient (Wildman–Crippen LogP) is 8.50. The highest BCUT2D eigenvalue weighted by molar-refractivity contribution is 7.98. The Kier molecular flexibility index (Phi) is 7.80. The number of methoxy groups -OCH3 is 1. The number of halogens is 3. The van der Waals surface area contributed by atoms with Crippen molar-refractivity contribution < 1.29 is 23.5 Å². The molecule has 1 aliphatic carbocycles. The number of hydrogen-bond donors (Lipinski definition) is 0. The molecule has 9 nitrogen and oxygen atoms in total. The summed E-state index contributed by atoms with van der Waals surface area (Å²) in [6.07, 6.45) is 5.21. The Bertz CT molecular complexity index is 1910. The van der Waals surface area contributed by atoms with Crippen LogP contribution in [0.25, 0.3) is 33.1 Å². The number of ether oxygens (including phenoxy) is 2. The molecule has 4 atom stereocenters. The van der Waals surface area contributed by atoms with Crippen molar-refractivity contribution in [2.75, 3.05) is 26.5 Å². The lowest BCUT2D eigenvalue weighted by molar-refractivity contribution is 0.0208. The van der Waals surface area contributed by atoms with Crippen LogP contribution in [0, 0.1) is 11.7 Å². The molecule has 2 bridgehead atoms. The van der Waals surface area contributed by atoms with E-state index in [1.807, 2.05) is 31.9 Å². The maximum absolute atomic E-state index is 16.6. The van der Waals surface area contributed by atoms with E-state index in [1.165, 1.54) is 18.9 Å². The standard InChI is InChI=1S/C33H34Cl2FN5O4S/c1-33(2,3)45-32(43)40-15-16-12-23(40)28(16)41-22(21-10-7-11-39(21)31(42)44-4)13-18-29(41)19-14-37-26(17-8-6-9-20(34)24(17)35)25(36)27(19)38-30(18)46-5/h6,8-9,13-14,16,21,23,28H,7,10-12,15H2,1-5H3/t16-,21-,23-,28+/m1/s1. The zero-order valence-electron chi connectivity index (χ0n) is 26.1. The molecule has 0 N–H and O–H groups in total. The molecular formula is C33H34Cl2FN5O4S. The van der Waals surface area contributed by atoms with Crippen molar-refractivity contribution in [3.63, 3.8) is 0 Å². The van der Waals surface area contributed by atoms with E-state index in [0.717, 1.165) is 35.9 Å². The molecule has 13 heteroatoms. The first kappa shape index (κ1) is 31.3. The van der Waals surface area contributed by atoms with Gasteiger partial charge < -0.3 is 18.9 Å². The first-order valence-corrected chi connectivity index (χ1v) is 17.3. The Hall–Kier alpha value is -3.28. The van der Waals surface area contributed by atoms with Gasteiger partial charge in [0.25, 0.3) is 0 Å². The molecule has 242 valence electrons. The van der Waals surface area contributed by atoms with Crippen LogP contribution in [0.5, 0.6) is 0 Å². The number of pyridine rings is 2. The van der Waals surface area contributed by atoms with Crippen molar-refractivity contribution in [2.24, 2.45) is 5.92 Å². The Morgan fingerprint density at radius 3 is 2.63 bits per heavy atom. The molecular weight excluding hydrogens is 652 g/mol. The van der Waals surface area contributed by atoms with Gasteiger partial charge in [0.1, 0.15) is 21.8 Å². The third-order valence-corrected chi connectivity index (χ3v) is 10.9. The highest BCUT2D eigenvalue weighted by atomic mass is 35.5. The third-order valence-electron chi connectivity index (χ3n) is 9.34. The SMILES string of the molecule is COC(=O)N1CCC[C@@H]1c1cc2c(SC)nc3c(F)c(-c4cccc(Cl)c4Cl)ncc3c2n1[C@H]1[C@@H]2C[C@H]1N(C(=O)OC(C)(C)C)C2. The number of benzene rings is 1. The average Bonchev–Trinajstić information content (AvgIpc) is 3.80. The van der Waals surface area contributed by atoms with Gasteiger partial charge in [-0.05, 0) is 58.4 Å². The number of likely N-dealkylation sites (tertiary alicyclic amines) is 1. The van der Waals surface area contributed by atoms with E-state index in [1.54, 1.807) is 29.3 Å². The van der Waals surface area contributed by atoms with E-state index in [4.69, 9.17) is 37.7 Å². The summed E-state index contributed by atoms with van der Waals surface area (Å²) in [5.41, 5.74) is 1.66. The quantitative estimate of drug-likeness (QED) is 0.199. The van der Waals surface area contributed by atoms with Crippen LogP contribution in [0.15, 0.2) is 35.5 Å². The molecule has 46 heavy (non-hydrogen) atoms. The fourth-order valence-electron chi connectivity index (χ4n) is 7.43. The zero-order valence-corrected chi connectivity index (χ0v) is 28.5. The van der Waals surface area contributed by atoms with E-state index in [2.05, 4.69) is 15.6 Å². The summed E-state index contributed by atoms with van der Waals surface area (Å²) >= 11 is 14.2. The van der Waals surface area contributed by atoms with E-state index < -0.39 is 17.5 Å². The Balaban J connectivity index is 1.46. The van der Waals surface area contributed by atoms with Crippen molar-refractivity contribution in [1.29, 1.82) is 0 Å².